The number of aliphatic imine (C=N–C) groups is 1. The highest BCUT2D eigenvalue weighted by Crippen LogP contribution is 2.32. The number of hydrogen-bond donors (Lipinski definition) is 2. The van der Waals surface area contributed by atoms with Gasteiger partial charge in [-0.25, -0.2) is 0 Å². The van der Waals surface area contributed by atoms with Crippen LogP contribution >= 0.6 is 24.0 Å². The zero-order chi connectivity index (χ0) is 17.8. The molecule has 0 spiro atoms. The van der Waals surface area contributed by atoms with E-state index in [4.69, 9.17) is 0 Å². The average Bonchev–Trinajstić information content (AvgIpc) is 3.03. The molecule has 25 heavy (non-hydrogen) atoms. The number of nitrogens with one attached hydrogen (secondary N) is 2. The van der Waals surface area contributed by atoms with Crippen molar-refractivity contribution in [1.82, 2.24) is 10.6 Å². The van der Waals surface area contributed by atoms with Gasteiger partial charge in [-0.1, -0.05) is 44.2 Å². The van der Waals surface area contributed by atoms with E-state index in [1.54, 1.807) is 13.1 Å². The second kappa shape index (κ2) is 8.91. The molecule has 0 unspecified atom stereocenters. The van der Waals surface area contributed by atoms with Crippen LogP contribution in [-0.4, -0.2) is 25.6 Å². The van der Waals surface area contributed by atoms with E-state index >= 15 is 0 Å². The van der Waals surface area contributed by atoms with Gasteiger partial charge >= 0.3 is 6.18 Å². The molecule has 0 radical (unpaired) electrons. The Morgan fingerprint density at radius 2 is 1.76 bits per heavy atom. The maximum absolute atomic E-state index is 12.9. The molecule has 1 aromatic rings. The molecule has 0 atom stereocenters. The first kappa shape index (κ1) is 21.8. The Hall–Kier alpha value is -1.25. The SMILES string of the molecule is CN=C(NCC(C)(C)c1cccc(C(F)(F)F)c1)NC1CC=CC1.I. The fourth-order valence-corrected chi connectivity index (χ4v) is 2.65. The van der Waals surface area contributed by atoms with Crippen molar-refractivity contribution in [2.24, 2.45) is 4.99 Å². The number of benzene rings is 1. The molecule has 1 aliphatic rings. The summed E-state index contributed by atoms with van der Waals surface area (Å²) in [5, 5.41) is 6.54. The van der Waals surface area contributed by atoms with Gasteiger partial charge in [0.2, 0.25) is 0 Å². The first-order valence-electron chi connectivity index (χ1n) is 8.02. The van der Waals surface area contributed by atoms with Gasteiger partial charge in [-0.15, -0.1) is 24.0 Å². The van der Waals surface area contributed by atoms with Crippen LogP contribution in [0.15, 0.2) is 41.4 Å². The highest BCUT2D eigenvalue weighted by Gasteiger charge is 2.32. The van der Waals surface area contributed by atoms with E-state index < -0.39 is 17.2 Å². The summed E-state index contributed by atoms with van der Waals surface area (Å²) in [6, 6.07) is 5.83. The first-order valence-corrected chi connectivity index (χ1v) is 8.02. The Balaban J connectivity index is 0.00000312. The summed E-state index contributed by atoms with van der Waals surface area (Å²) in [6.45, 7) is 4.31. The summed E-state index contributed by atoms with van der Waals surface area (Å²) in [5.74, 6) is 0.670. The van der Waals surface area contributed by atoms with Gasteiger partial charge in [0.25, 0.3) is 0 Å². The average molecular weight is 467 g/mol. The third kappa shape index (κ3) is 6.20. The summed E-state index contributed by atoms with van der Waals surface area (Å²) >= 11 is 0. The molecular weight excluding hydrogens is 442 g/mol. The standard InChI is InChI=1S/C18H24F3N3.HI/c1-17(2,13-7-6-8-14(11-13)18(19,20)21)12-23-16(22-3)24-15-9-4-5-10-15;/h4-8,11,15H,9-10,12H2,1-3H3,(H2,22,23,24);1H. The van der Waals surface area contributed by atoms with E-state index in [-0.39, 0.29) is 24.0 Å². The Bertz CT molecular complexity index is 616. The Morgan fingerprint density at radius 1 is 1.16 bits per heavy atom. The molecule has 2 rings (SSSR count). The van der Waals surface area contributed by atoms with Crippen molar-refractivity contribution in [1.29, 1.82) is 0 Å². The third-order valence-corrected chi connectivity index (χ3v) is 4.24. The molecule has 2 N–H and O–H groups in total. The Labute approximate surface area is 164 Å². The molecule has 0 aromatic heterocycles. The normalized spacial score (nSPS) is 15.8. The lowest BCUT2D eigenvalue weighted by atomic mass is 9.84. The molecule has 7 heteroatoms. The number of halogens is 4. The van der Waals surface area contributed by atoms with Crippen LogP contribution in [0.3, 0.4) is 0 Å². The van der Waals surface area contributed by atoms with Gasteiger partial charge in [0, 0.05) is 25.0 Å². The molecule has 0 amide bonds. The van der Waals surface area contributed by atoms with Crippen LogP contribution in [0.25, 0.3) is 0 Å². The van der Waals surface area contributed by atoms with Crippen molar-refractivity contribution >= 4 is 29.9 Å². The van der Waals surface area contributed by atoms with Crippen molar-refractivity contribution in [3.63, 3.8) is 0 Å². The minimum atomic E-state index is -4.33. The minimum Gasteiger partial charge on any atom is -0.356 e. The lowest BCUT2D eigenvalue weighted by Crippen LogP contribution is -2.46. The quantitative estimate of drug-likeness (QED) is 0.297. The van der Waals surface area contributed by atoms with Gasteiger partial charge in [-0.3, -0.25) is 4.99 Å². The molecule has 1 aromatic carbocycles. The van der Waals surface area contributed by atoms with Gasteiger partial charge in [-0.05, 0) is 24.5 Å². The van der Waals surface area contributed by atoms with Gasteiger partial charge in [0.1, 0.15) is 0 Å². The van der Waals surface area contributed by atoms with E-state index in [1.807, 2.05) is 13.8 Å². The minimum absolute atomic E-state index is 0. The van der Waals surface area contributed by atoms with Crippen molar-refractivity contribution < 1.29 is 13.2 Å². The molecule has 0 saturated carbocycles. The predicted molar refractivity (Wildman–Crippen MR) is 107 cm³/mol. The lowest BCUT2D eigenvalue weighted by Gasteiger charge is -2.28. The Morgan fingerprint density at radius 3 is 2.32 bits per heavy atom. The van der Waals surface area contributed by atoms with Crippen LogP contribution in [0.4, 0.5) is 13.2 Å². The fraction of sp³-hybridized carbons (Fsp3) is 0.500. The number of alkyl halides is 3. The lowest BCUT2D eigenvalue weighted by molar-refractivity contribution is -0.137. The molecule has 0 bridgehead atoms. The van der Waals surface area contributed by atoms with Gasteiger partial charge in [-0.2, -0.15) is 13.2 Å². The predicted octanol–water partition coefficient (Wildman–Crippen LogP) is 4.48. The maximum atomic E-state index is 12.9. The number of hydrogen-bond acceptors (Lipinski definition) is 1. The molecular formula is C18H25F3IN3. The van der Waals surface area contributed by atoms with Gasteiger partial charge < -0.3 is 10.6 Å². The number of nitrogens with zero attached hydrogens (tertiary/aromatic N) is 1. The summed E-state index contributed by atoms with van der Waals surface area (Å²) in [6.07, 6.45) is 1.83. The molecule has 0 aliphatic heterocycles. The molecule has 1 aliphatic carbocycles. The summed E-state index contributed by atoms with van der Waals surface area (Å²) in [4.78, 5) is 4.19. The monoisotopic (exact) mass is 467 g/mol. The Kier molecular flexibility index (Phi) is 7.77. The highest BCUT2D eigenvalue weighted by atomic mass is 127. The first-order chi connectivity index (χ1) is 11.2. The van der Waals surface area contributed by atoms with E-state index in [0.717, 1.165) is 18.9 Å². The molecule has 0 fully saturated rings. The van der Waals surface area contributed by atoms with Gasteiger partial charge in [0.15, 0.2) is 5.96 Å². The van der Waals surface area contributed by atoms with Crippen molar-refractivity contribution in [2.45, 2.75) is 44.3 Å². The van der Waals surface area contributed by atoms with E-state index in [1.165, 1.54) is 12.1 Å². The van der Waals surface area contributed by atoms with Crippen LogP contribution in [0.5, 0.6) is 0 Å². The van der Waals surface area contributed by atoms with E-state index in [9.17, 15) is 13.2 Å². The second-order valence-corrected chi connectivity index (χ2v) is 6.67. The van der Waals surface area contributed by atoms with E-state index in [0.29, 0.717) is 24.1 Å². The zero-order valence-corrected chi connectivity index (χ0v) is 17.0. The number of guanidine groups is 1. The smallest absolute Gasteiger partial charge is 0.356 e. The third-order valence-electron chi connectivity index (χ3n) is 4.24. The maximum Gasteiger partial charge on any atom is 0.416 e. The summed E-state index contributed by atoms with van der Waals surface area (Å²) in [5.41, 5.74) is -0.442. The summed E-state index contributed by atoms with van der Waals surface area (Å²) in [7, 11) is 1.69. The largest absolute Gasteiger partial charge is 0.416 e. The van der Waals surface area contributed by atoms with Crippen molar-refractivity contribution in [3.8, 4) is 0 Å². The van der Waals surface area contributed by atoms with Crippen LogP contribution in [-0.2, 0) is 11.6 Å². The molecule has 3 nitrogen and oxygen atoms in total. The highest BCUT2D eigenvalue weighted by molar-refractivity contribution is 14.0. The van der Waals surface area contributed by atoms with Crippen LogP contribution in [0, 0.1) is 0 Å². The number of rotatable bonds is 4. The van der Waals surface area contributed by atoms with E-state index in [2.05, 4.69) is 27.8 Å². The molecule has 0 saturated heterocycles. The van der Waals surface area contributed by atoms with Crippen LogP contribution < -0.4 is 10.6 Å². The van der Waals surface area contributed by atoms with Crippen molar-refractivity contribution in [3.05, 3.63) is 47.5 Å². The fourth-order valence-electron chi connectivity index (χ4n) is 2.65. The van der Waals surface area contributed by atoms with Crippen molar-refractivity contribution in [2.75, 3.05) is 13.6 Å². The molecule has 0 heterocycles. The topological polar surface area (TPSA) is 36.4 Å². The zero-order valence-electron chi connectivity index (χ0n) is 14.7. The summed E-state index contributed by atoms with van der Waals surface area (Å²) < 4.78 is 38.7. The van der Waals surface area contributed by atoms with Crippen LogP contribution in [0.2, 0.25) is 0 Å². The van der Waals surface area contributed by atoms with Gasteiger partial charge in [0.05, 0.1) is 5.56 Å². The second-order valence-electron chi connectivity index (χ2n) is 6.67. The molecule has 140 valence electrons. The van der Waals surface area contributed by atoms with Crippen LogP contribution in [0.1, 0.15) is 37.8 Å².